The number of amides is 3. The van der Waals surface area contributed by atoms with Crippen LogP contribution >= 0.6 is 11.3 Å². The lowest BCUT2D eigenvalue weighted by molar-refractivity contribution is -0.138. The summed E-state index contributed by atoms with van der Waals surface area (Å²) in [4.78, 5) is 53.8. The maximum Gasteiger partial charge on any atom is 0.240 e. The molecule has 3 N–H and O–H groups in total. The lowest BCUT2D eigenvalue weighted by Crippen LogP contribution is -2.44. The van der Waals surface area contributed by atoms with Crippen LogP contribution in [0.2, 0.25) is 0 Å². The zero-order valence-corrected chi connectivity index (χ0v) is 29.2. The lowest BCUT2D eigenvalue weighted by atomic mass is 10.2. The van der Waals surface area contributed by atoms with Crippen molar-refractivity contribution in [1.82, 2.24) is 24.6 Å². The van der Waals surface area contributed by atoms with Gasteiger partial charge in [-0.3, -0.25) is 19.1 Å². The van der Waals surface area contributed by atoms with Gasteiger partial charge in [0.15, 0.2) is 5.82 Å². The molecule has 1 aromatic carbocycles. The average molecular weight is 737 g/mol. The molecular formula is C35H37FN6O7S2. The summed E-state index contributed by atoms with van der Waals surface area (Å²) in [6, 6.07) is 8.80. The van der Waals surface area contributed by atoms with Crippen LogP contribution in [0.25, 0.3) is 31.8 Å². The van der Waals surface area contributed by atoms with E-state index in [9.17, 15) is 27.2 Å². The van der Waals surface area contributed by atoms with E-state index in [1.54, 1.807) is 24.4 Å². The Labute approximate surface area is 297 Å². The van der Waals surface area contributed by atoms with Gasteiger partial charge in [-0.15, -0.1) is 11.3 Å². The number of thiophene rings is 1. The number of benzene rings is 1. The van der Waals surface area contributed by atoms with Crippen LogP contribution in [-0.4, -0.2) is 83.1 Å². The predicted molar refractivity (Wildman–Crippen MR) is 187 cm³/mol. The highest BCUT2D eigenvalue weighted by molar-refractivity contribution is 7.90. The number of fused-ring (bicyclic) bond motifs is 3. The van der Waals surface area contributed by atoms with Crippen LogP contribution in [0.3, 0.4) is 0 Å². The number of sulfonamides is 1. The number of allylic oxidation sites excluding steroid dienone is 2. The van der Waals surface area contributed by atoms with Gasteiger partial charge in [-0.25, -0.2) is 22.8 Å². The van der Waals surface area contributed by atoms with Gasteiger partial charge in [0.05, 0.1) is 30.3 Å². The second-order valence-corrected chi connectivity index (χ2v) is 16.0. The van der Waals surface area contributed by atoms with Crippen molar-refractivity contribution in [2.45, 2.75) is 62.3 Å². The van der Waals surface area contributed by atoms with Crippen LogP contribution < -0.4 is 15.2 Å². The minimum atomic E-state index is -3.52. The van der Waals surface area contributed by atoms with E-state index >= 15 is 0 Å². The molecule has 13 nitrogen and oxygen atoms in total. The standard InChI is InChI=1S/C35H37FN6O7S2/c36-22-8-4-7-21(16-22)32-39-29-25-9-5-13-38-35(25)50-30(29)34(40-32)49-23-18-27(31(37)44)42(19-23)28(43)12-15-48-14-3-1-2-6-20-17-26(20)33(45)41-51(46,47)24-10-11-24/h2,4-9,13,16,20,23-24,26-27H,1,3,10-12,14-15,17-19H2,(H2,37,44)(H,41,45)/b6-2-/t20-,23-,26?,27+/m1/s1. The van der Waals surface area contributed by atoms with Crippen LogP contribution in [0, 0.1) is 17.7 Å². The Balaban J connectivity index is 0.908. The maximum absolute atomic E-state index is 14.1. The Kier molecular flexibility index (Phi) is 9.99. The summed E-state index contributed by atoms with van der Waals surface area (Å²) >= 11 is 1.36. The number of nitrogens with two attached hydrogens (primary N) is 1. The van der Waals surface area contributed by atoms with E-state index in [1.807, 2.05) is 18.2 Å². The fraction of sp³-hybridized carbons (Fsp3) is 0.429. The highest BCUT2D eigenvalue weighted by Gasteiger charge is 2.45. The smallest absolute Gasteiger partial charge is 0.240 e. The molecule has 2 saturated carbocycles. The van der Waals surface area contributed by atoms with E-state index in [1.165, 1.54) is 28.4 Å². The molecule has 0 radical (unpaired) electrons. The van der Waals surface area contributed by atoms with Crippen molar-refractivity contribution in [3.8, 4) is 17.3 Å². The highest BCUT2D eigenvalue weighted by atomic mass is 32.2. The van der Waals surface area contributed by atoms with Crippen molar-refractivity contribution >= 4 is 59.5 Å². The molecule has 3 aliphatic rings. The Morgan fingerprint density at radius 1 is 1.12 bits per heavy atom. The van der Waals surface area contributed by atoms with E-state index < -0.39 is 45.1 Å². The molecule has 268 valence electrons. The number of nitrogens with zero attached hydrogens (tertiary/aromatic N) is 4. The second kappa shape index (κ2) is 14.6. The molecule has 4 heterocycles. The number of nitrogens with one attached hydrogen (secondary N) is 1. The first-order valence-corrected chi connectivity index (χ1v) is 19.3. The molecule has 3 aromatic heterocycles. The molecule has 4 aromatic rings. The van der Waals surface area contributed by atoms with Crippen LogP contribution in [0.15, 0.2) is 54.7 Å². The van der Waals surface area contributed by atoms with E-state index in [4.69, 9.17) is 20.2 Å². The largest absolute Gasteiger partial charge is 0.471 e. The second-order valence-electron chi connectivity index (χ2n) is 13.1. The first-order chi connectivity index (χ1) is 24.6. The highest BCUT2D eigenvalue weighted by Crippen LogP contribution is 2.41. The number of hydrogen-bond donors (Lipinski definition) is 2. The first-order valence-electron chi connectivity index (χ1n) is 16.9. The van der Waals surface area contributed by atoms with Crippen molar-refractivity contribution in [2.24, 2.45) is 17.6 Å². The Bertz CT molecular complexity index is 2120. The molecule has 2 aliphatic carbocycles. The van der Waals surface area contributed by atoms with Crippen molar-refractivity contribution in [3.63, 3.8) is 0 Å². The summed E-state index contributed by atoms with van der Waals surface area (Å²) in [5, 5.41) is 0.378. The van der Waals surface area contributed by atoms with E-state index in [-0.39, 0.29) is 55.4 Å². The van der Waals surface area contributed by atoms with E-state index in [2.05, 4.69) is 14.7 Å². The summed E-state index contributed by atoms with van der Waals surface area (Å²) in [7, 11) is -3.52. The van der Waals surface area contributed by atoms with Gasteiger partial charge in [-0.2, -0.15) is 4.98 Å². The molecule has 51 heavy (non-hydrogen) atoms. The zero-order valence-electron chi connectivity index (χ0n) is 27.6. The number of rotatable bonds is 15. The number of halogens is 1. The minimum Gasteiger partial charge on any atom is -0.471 e. The fourth-order valence-corrected chi connectivity index (χ4v) is 8.63. The van der Waals surface area contributed by atoms with Crippen LogP contribution in [0.1, 0.15) is 44.9 Å². The number of hydrogen-bond acceptors (Lipinski definition) is 11. The number of pyridine rings is 1. The number of likely N-dealkylation sites (tertiary alicyclic amines) is 1. The Morgan fingerprint density at radius 2 is 1.96 bits per heavy atom. The molecule has 1 unspecified atom stereocenters. The third kappa shape index (κ3) is 8.02. The minimum absolute atomic E-state index is 0.0437. The molecule has 4 atom stereocenters. The number of aromatic nitrogens is 3. The van der Waals surface area contributed by atoms with Gasteiger partial charge in [0.2, 0.25) is 33.6 Å². The molecule has 7 rings (SSSR count). The summed E-state index contributed by atoms with van der Waals surface area (Å²) in [6.45, 7) is 0.695. The third-order valence-electron chi connectivity index (χ3n) is 9.22. The maximum atomic E-state index is 14.1. The van der Waals surface area contributed by atoms with E-state index in [0.29, 0.717) is 54.5 Å². The molecule has 1 saturated heterocycles. The molecule has 1 aliphatic heterocycles. The SMILES string of the molecule is NC(=O)[C@@H]1C[C@@H](Oc2nc(-c3cccc(F)c3)nc3c2sc2ncccc23)CN1C(=O)CCOCCC/C=C\[C@@H]1CC1C(=O)NS(=O)(=O)C1CC1. The van der Waals surface area contributed by atoms with Crippen LogP contribution in [0.4, 0.5) is 4.39 Å². The third-order valence-corrected chi connectivity index (χ3v) is 12.1. The van der Waals surface area contributed by atoms with Gasteiger partial charge in [-0.05, 0) is 62.3 Å². The first kappa shape index (κ1) is 34.9. The van der Waals surface area contributed by atoms with Crippen molar-refractivity contribution in [1.29, 1.82) is 0 Å². The molecule has 0 spiro atoms. The Morgan fingerprint density at radius 3 is 2.75 bits per heavy atom. The van der Waals surface area contributed by atoms with Gasteiger partial charge >= 0.3 is 0 Å². The number of ether oxygens (including phenoxy) is 2. The molecule has 16 heteroatoms. The number of carbonyl (C=O) groups excluding carboxylic acids is 3. The number of carbonyl (C=O) groups is 3. The summed E-state index contributed by atoms with van der Waals surface area (Å²) in [5.41, 5.74) is 6.79. The van der Waals surface area contributed by atoms with Gasteiger partial charge in [0.25, 0.3) is 0 Å². The molecular weight excluding hydrogens is 700 g/mol. The van der Waals surface area contributed by atoms with Crippen LogP contribution in [-0.2, 0) is 29.1 Å². The van der Waals surface area contributed by atoms with Gasteiger partial charge < -0.3 is 20.1 Å². The fourth-order valence-electron chi connectivity index (χ4n) is 6.26. The lowest BCUT2D eigenvalue weighted by Gasteiger charge is -2.21. The predicted octanol–water partition coefficient (Wildman–Crippen LogP) is 3.87. The number of primary amides is 1. The monoisotopic (exact) mass is 736 g/mol. The van der Waals surface area contributed by atoms with E-state index in [0.717, 1.165) is 10.2 Å². The van der Waals surface area contributed by atoms with Gasteiger partial charge in [0.1, 0.15) is 27.5 Å². The molecule has 3 amide bonds. The number of unbranched alkanes of at least 4 members (excludes halogenated alkanes) is 1. The summed E-state index contributed by atoms with van der Waals surface area (Å²) in [6.07, 6.45) is 8.50. The van der Waals surface area contributed by atoms with Crippen molar-refractivity contribution in [2.75, 3.05) is 19.8 Å². The molecule has 0 bridgehead atoms. The van der Waals surface area contributed by atoms with Crippen LogP contribution in [0.5, 0.6) is 5.88 Å². The van der Waals surface area contributed by atoms with Crippen molar-refractivity contribution < 1.29 is 36.7 Å². The van der Waals surface area contributed by atoms with Gasteiger partial charge in [-0.1, -0.05) is 24.3 Å². The molecule has 3 fully saturated rings. The topological polar surface area (TPSA) is 184 Å². The summed E-state index contributed by atoms with van der Waals surface area (Å²) in [5.74, 6) is -1.51. The Hall–Kier alpha value is -4.54. The summed E-state index contributed by atoms with van der Waals surface area (Å²) < 4.78 is 53.0. The van der Waals surface area contributed by atoms with Gasteiger partial charge in [0, 0.05) is 36.1 Å². The zero-order chi connectivity index (χ0) is 35.7. The normalized spacial score (nSPS) is 21.8. The average Bonchev–Trinajstić information content (AvgIpc) is 4.03. The quantitative estimate of drug-likeness (QED) is 0.134. The van der Waals surface area contributed by atoms with Crippen molar-refractivity contribution in [3.05, 3.63) is 60.6 Å².